The van der Waals surface area contributed by atoms with E-state index in [9.17, 15) is 9.18 Å². The number of carbonyl (C=O) groups excluding carboxylic acids is 3. The number of aryl methyl sites for hydroxylation is 1. The number of piperidine rings is 1. The predicted molar refractivity (Wildman–Crippen MR) is 133 cm³/mol. The number of halogens is 1. The standard InChI is InChI=1S/C21H25FN2O.C4H10.2CH2O/c1-16-7-6-10-18(22)19(16)20(25)23-15-21(11-13-24(2)14-12-21)17-8-4-3-5-9-17;1-3-4-2;2*1-2/h3-10H,11-15H2,1-2H3,(H,23,25);3-4H2,1-2H3;2*1H2. The largest absolute Gasteiger partial charge is 0.351 e. The maximum Gasteiger partial charge on any atom is 0.254 e. The van der Waals surface area contributed by atoms with E-state index in [1.807, 2.05) is 31.8 Å². The Kier molecular flexibility index (Phi) is 15.3. The first-order chi connectivity index (χ1) is 15.9. The molecule has 1 heterocycles. The first-order valence-corrected chi connectivity index (χ1v) is 11.3. The van der Waals surface area contributed by atoms with Crippen LogP contribution in [0.2, 0.25) is 0 Å². The fourth-order valence-electron chi connectivity index (χ4n) is 3.66. The van der Waals surface area contributed by atoms with Gasteiger partial charge in [0.15, 0.2) is 0 Å². The summed E-state index contributed by atoms with van der Waals surface area (Å²) in [6, 6.07) is 15.1. The summed E-state index contributed by atoms with van der Waals surface area (Å²) in [5, 5.41) is 3.01. The molecule has 1 fully saturated rings. The summed E-state index contributed by atoms with van der Waals surface area (Å²) in [7, 11) is 2.12. The van der Waals surface area contributed by atoms with Crippen LogP contribution < -0.4 is 5.32 Å². The Bertz CT molecular complexity index is 782. The van der Waals surface area contributed by atoms with Crippen LogP contribution in [0, 0.1) is 12.7 Å². The SMILES string of the molecule is C=O.C=O.CCCC.Cc1cccc(F)c1C(=O)NCC1(c2ccccc2)CCN(C)CC1. The Balaban J connectivity index is 0.00000113. The summed E-state index contributed by atoms with van der Waals surface area (Å²) < 4.78 is 14.1. The number of hydrogen-bond acceptors (Lipinski definition) is 4. The number of hydrogen-bond donors (Lipinski definition) is 1. The van der Waals surface area contributed by atoms with Gasteiger partial charge in [-0.05, 0) is 57.1 Å². The quantitative estimate of drug-likeness (QED) is 0.687. The van der Waals surface area contributed by atoms with Gasteiger partial charge in [0.1, 0.15) is 19.4 Å². The van der Waals surface area contributed by atoms with E-state index in [0.29, 0.717) is 12.1 Å². The summed E-state index contributed by atoms with van der Waals surface area (Å²) in [6.07, 6.45) is 4.59. The normalized spacial score (nSPS) is 14.2. The maximum absolute atomic E-state index is 14.1. The van der Waals surface area contributed by atoms with E-state index in [0.717, 1.165) is 25.9 Å². The van der Waals surface area contributed by atoms with Crippen LogP contribution in [0.1, 0.15) is 61.0 Å². The van der Waals surface area contributed by atoms with E-state index in [2.05, 4.69) is 43.2 Å². The Hall–Kier alpha value is -2.86. The lowest BCUT2D eigenvalue weighted by Gasteiger charge is -2.41. The lowest BCUT2D eigenvalue weighted by Crippen LogP contribution is -2.48. The summed E-state index contributed by atoms with van der Waals surface area (Å²) in [5.41, 5.74) is 1.96. The molecule has 33 heavy (non-hydrogen) atoms. The van der Waals surface area contributed by atoms with Crippen molar-refractivity contribution in [3.8, 4) is 0 Å². The molecule has 5 nitrogen and oxygen atoms in total. The molecule has 2 aromatic carbocycles. The number of carbonyl (C=O) groups is 3. The van der Waals surface area contributed by atoms with Crippen molar-refractivity contribution in [2.45, 2.75) is 51.9 Å². The molecule has 0 spiro atoms. The van der Waals surface area contributed by atoms with Gasteiger partial charge in [0.05, 0.1) is 5.56 Å². The first kappa shape index (κ1) is 30.1. The van der Waals surface area contributed by atoms with Crippen LogP contribution in [0.3, 0.4) is 0 Å². The molecule has 0 saturated carbocycles. The van der Waals surface area contributed by atoms with Crippen molar-refractivity contribution in [3.63, 3.8) is 0 Å². The van der Waals surface area contributed by atoms with Crippen molar-refractivity contribution in [2.24, 2.45) is 0 Å². The second-order valence-electron chi connectivity index (χ2n) is 8.06. The van der Waals surface area contributed by atoms with Gasteiger partial charge in [0.25, 0.3) is 5.91 Å². The van der Waals surface area contributed by atoms with Crippen molar-refractivity contribution >= 4 is 19.5 Å². The molecular weight excluding hydrogens is 419 g/mol. The summed E-state index contributed by atoms with van der Waals surface area (Å²) in [5.74, 6) is -0.792. The van der Waals surface area contributed by atoms with Crippen molar-refractivity contribution < 1.29 is 18.8 Å². The molecule has 0 aromatic heterocycles. The van der Waals surface area contributed by atoms with Gasteiger partial charge < -0.3 is 19.8 Å². The second-order valence-corrected chi connectivity index (χ2v) is 8.06. The van der Waals surface area contributed by atoms with Crippen molar-refractivity contribution in [1.29, 1.82) is 0 Å². The molecule has 1 aliphatic rings. The molecule has 1 amide bonds. The van der Waals surface area contributed by atoms with Crippen LogP contribution >= 0.6 is 0 Å². The van der Waals surface area contributed by atoms with Gasteiger partial charge in [-0.3, -0.25) is 4.79 Å². The Morgan fingerprint density at radius 2 is 1.52 bits per heavy atom. The summed E-state index contributed by atoms with van der Waals surface area (Å²) in [4.78, 5) is 30.9. The fraction of sp³-hybridized carbons (Fsp3) is 0.444. The molecule has 1 N–H and O–H groups in total. The number of nitrogens with one attached hydrogen (secondary N) is 1. The van der Waals surface area contributed by atoms with E-state index in [1.165, 1.54) is 24.5 Å². The van der Waals surface area contributed by atoms with Gasteiger partial charge in [-0.1, -0.05) is 69.2 Å². The molecule has 0 atom stereocenters. The van der Waals surface area contributed by atoms with E-state index in [-0.39, 0.29) is 16.9 Å². The van der Waals surface area contributed by atoms with E-state index < -0.39 is 5.82 Å². The summed E-state index contributed by atoms with van der Waals surface area (Å²) in [6.45, 7) is 12.6. The maximum atomic E-state index is 14.1. The van der Waals surface area contributed by atoms with Crippen molar-refractivity contribution in [1.82, 2.24) is 10.2 Å². The van der Waals surface area contributed by atoms with Crippen molar-refractivity contribution in [2.75, 3.05) is 26.7 Å². The zero-order chi connectivity index (χ0) is 25.3. The second kappa shape index (κ2) is 16.7. The molecule has 0 bridgehead atoms. The summed E-state index contributed by atoms with van der Waals surface area (Å²) >= 11 is 0. The van der Waals surface area contributed by atoms with Gasteiger partial charge in [0, 0.05) is 12.0 Å². The Morgan fingerprint density at radius 3 is 2.00 bits per heavy atom. The number of rotatable bonds is 5. The fourth-order valence-corrected chi connectivity index (χ4v) is 3.66. The lowest BCUT2D eigenvalue weighted by atomic mass is 9.72. The van der Waals surface area contributed by atoms with E-state index in [1.54, 1.807) is 19.1 Å². The van der Waals surface area contributed by atoms with Gasteiger partial charge in [-0.2, -0.15) is 0 Å². The predicted octanol–water partition coefficient (Wildman–Crippen LogP) is 4.96. The van der Waals surface area contributed by atoms with Crippen LogP contribution in [0.25, 0.3) is 0 Å². The van der Waals surface area contributed by atoms with Gasteiger partial charge in [-0.25, -0.2) is 4.39 Å². The van der Waals surface area contributed by atoms with Crippen LogP contribution in [0.15, 0.2) is 48.5 Å². The number of nitrogens with zero attached hydrogens (tertiary/aromatic N) is 1. The molecule has 0 aliphatic carbocycles. The smallest absolute Gasteiger partial charge is 0.254 e. The first-order valence-electron chi connectivity index (χ1n) is 11.3. The molecule has 1 saturated heterocycles. The average Bonchev–Trinajstić information content (AvgIpc) is 2.87. The third-order valence-corrected chi connectivity index (χ3v) is 5.87. The van der Waals surface area contributed by atoms with Gasteiger partial charge in [-0.15, -0.1) is 0 Å². The molecule has 0 unspecified atom stereocenters. The minimum Gasteiger partial charge on any atom is -0.351 e. The molecule has 1 aliphatic heterocycles. The van der Waals surface area contributed by atoms with Crippen molar-refractivity contribution in [3.05, 3.63) is 71.0 Å². The topological polar surface area (TPSA) is 66.5 Å². The zero-order valence-electron chi connectivity index (χ0n) is 20.5. The number of amides is 1. The Morgan fingerprint density at radius 1 is 0.970 bits per heavy atom. The van der Waals surface area contributed by atoms with Crippen LogP contribution in [0.4, 0.5) is 4.39 Å². The number of benzene rings is 2. The highest BCUT2D eigenvalue weighted by atomic mass is 19.1. The molecule has 182 valence electrons. The van der Waals surface area contributed by atoms with E-state index >= 15 is 0 Å². The third-order valence-electron chi connectivity index (χ3n) is 5.87. The average molecular weight is 459 g/mol. The number of likely N-dealkylation sites (tertiary alicyclic amines) is 1. The number of unbranched alkanes of at least 4 members (excludes halogenated alkanes) is 1. The van der Waals surface area contributed by atoms with Crippen LogP contribution in [0.5, 0.6) is 0 Å². The minimum absolute atomic E-state index is 0.0947. The van der Waals surface area contributed by atoms with Crippen LogP contribution in [-0.2, 0) is 15.0 Å². The minimum atomic E-state index is -0.463. The molecule has 2 aromatic rings. The van der Waals surface area contributed by atoms with E-state index in [4.69, 9.17) is 9.59 Å². The monoisotopic (exact) mass is 458 g/mol. The van der Waals surface area contributed by atoms with Gasteiger partial charge >= 0.3 is 0 Å². The highest BCUT2D eigenvalue weighted by molar-refractivity contribution is 5.95. The Labute approximate surface area is 198 Å². The molecule has 3 rings (SSSR count). The molecule has 0 radical (unpaired) electrons. The van der Waals surface area contributed by atoms with Gasteiger partial charge in [0.2, 0.25) is 0 Å². The molecule has 6 heteroatoms. The third kappa shape index (κ3) is 9.26. The highest BCUT2D eigenvalue weighted by Crippen LogP contribution is 2.34. The zero-order valence-corrected chi connectivity index (χ0v) is 20.5. The molecular formula is C27H39FN2O3. The lowest BCUT2D eigenvalue weighted by molar-refractivity contribution is -0.0987. The highest BCUT2D eigenvalue weighted by Gasteiger charge is 2.36. The van der Waals surface area contributed by atoms with Crippen LogP contribution in [-0.4, -0.2) is 51.1 Å².